The minimum atomic E-state index is -0.888. The largest absolute Gasteiger partial charge is 0.248 e. The zero-order valence-electron chi connectivity index (χ0n) is 29.3. The quantitative estimate of drug-likeness (QED) is 0.153. The lowest BCUT2D eigenvalue weighted by Crippen LogP contribution is -2.26. The van der Waals surface area contributed by atoms with Crippen LogP contribution in [0.4, 0.5) is 0 Å². The van der Waals surface area contributed by atoms with Crippen molar-refractivity contribution in [2.75, 3.05) is 0 Å². The first kappa shape index (κ1) is 33.5. The van der Waals surface area contributed by atoms with Gasteiger partial charge in [-0.2, -0.15) is 0 Å². The number of aromatic nitrogens is 2. The molecular weight excluding hydrogens is 606 g/mol. The third kappa shape index (κ3) is 7.36. The van der Waals surface area contributed by atoms with Gasteiger partial charge in [0, 0.05) is 30.3 Å². The number of fused-ring (bicyclic) bond motifs is 2. The standard InChI is InChI=1S/C43H48N2P2/c1-41(2,3)47(42(4,5)6)30-33-22-25-36(43(7,8)35-18-10-9-11-19-35)28-34(33)29-46(39-26-23-31-16-12-14-20-37(31)44-39)40-27-24-32-17-13-15-21-38(32)45-40/h9-28H,29-30H2,1-8H3. The van der Waals surface area contributed by atoms with Crippen LogP contribution in [0.25, 0.3) is 21.8 Å². The first-order chi connectivity index (χ1) is 22.3. The maximum Gasteiger partial charge on any atom is 0.0709 e. The van der Waals surface area contributed by atoms with E-state index in [1.807, 2.05) is 0 Å². The Morgan fingerprint density at radius 1 is 0.468 bits per heavy atom. The van der Waals surface area contributed by atoms with Crippen LogP contribution in [0, 0.1) is 0 Å². The van der Waals surface area contributed by atoms with Crippen LogP contribution in [0.1, 0.15) is 77.6 Å². The molecule has 0 aliphatic heterocycles. The van der Waals surface area contributed by atoms with E-state index in [9.17, 15) is 0 Å². The molecular formula is C43H48N2P2. The van der Waals surface area contributed by atoms with E-state index in [0.29, 0.717) is 0 Å². The molecule has 47 heavy (non-hydrogen) atoms. The van der Waals surface area contributed by atoms with E-state index in [1.54, 1.807) is 0 Å². The van der Waals surface area contributed by atoms with Gasteiger partial charge in [0.25, 0.3) is 0 Å². The summed E-state index contributed by atoms with van der Waals surface area (Å²) in [5.74, 6) is 0. The zero-order chi connectivity index (χ0) is 33.4. The van der Waals surface area contributed by atoms with Crippen molar-refractivity contribution < 1.29 is 0 Å². The second kappa shape index (κ2) is 13.2. The highest BCUT2D eigenvalue weighted by Gasteiger charge is 2.35. The average Bonchev–Trinajstić information content (AvgIpc) is 3.05. The number of nitrogens with zero attached hydrogens (tertiary/aromatic N) is 2. The molecule has 6 rings (SSSR count). The van der Waals surface area contributed by atoms with Crippen LogP contribution >= 0.6 is 15.8 Å². The predicted octanol–water partition coefficient (Wildman–Crippen LogP) is 11.3. The molecule has 0 spiro atoms. The highest BCUT2D eigenvalue weighted by Crippen LogP contribution is 2.61. The van der Waals surface area contributed by atoms with Gasteiger partial charge < -0.3 is 0 Å². The normalized spacial score (nSPS) is 12.8. The van der Waals surface area contributed by atoms with Crippen LogP contribution in [-0.2, 0) is 17.7 Å². The van der Waals surface area contributed by atoms with Crippen molar-refractivity contribution >= 4 is 48.5 Å². The van der Waals surface area contributed by atoms with Crippen LogP contribution in [0.5, 0.6) is 0 Å². The van der Waals surface area contributed by atoms with Crippen LogP contribution in [0.3, 0.4) is 0 Å². The molecule has 0 unspecified atom stereocenters. The molecule has 2 aromatic heterocycles. The van der Waals surface area contributed by atoms with E-state index in [0.717, 1.165) is 34.2 Å². The van der Waals surface area contributed by atoms with Crippen molar-refractivity contribution in [3.8, 4) is 0 Å². The van der Waals surface area contributed by atoms with Gasteiger partial charge in [0.05, 0.1) is 21.9 Å². The fourth-order valence-corrected chi connectivity index (χ4v) is 12.6. The van der Waals surface area contributed by atoms with Gasteiger partial charge in [0.15, 0.2) is 0 Å². The van der Waals surface area contributed by atoms with E-state index in [-0.39, 0.29) is 23.6 Å². The van der Waals surface area contributed by atoms with Gasteiger partial charge in [0.2, 0.25) is 0 Å². The fraction of sp³-hybridized carbons (Fsp3) is 0.302. The third-order valence-corrected chi connectivity index (χ3v) is 15.6. The van der Waals surface area contributed by atoms with Crippen molar-refractivity contribution in [1.29, 1.82) is 0 Å². The molecule has 4 aromatic carbocycles. The summed E-state index contributed by atoms with van der Waals surface area (Å²) in [4.78, 5) is 10.6. The number of pyridine rings is 2. The lowest BCUT2D eigenvalue weighted by atomic mass is 9.77. The van der Waals surface area contributed by atoms with Gasteiger partial charge in [0.1, 0.15) is 0 Å². The lowest BCUT2D eigenvalue weighted by molar-refractivity contribution is 0.639. The van der Waals surface area contributed by atoms with Crippen molar-refractivity contribution in [2.45, 2.75) is 83.4 Å². The summed E-state index contributed by atoms with van der Waals surface area (Å²) < 4.78 is 0. The van der Waals surface area contributed by atoms with Gasteiger partial charge in [-0.15, -0.1) is 0 Å². The Hall–Kier alpha value is -3.44. The first-order valence-corrected chi connectivity index (χ1v) is 19.8. The van der Waals surface area contributed by atoms with Crippen molar-refractivity contribution in [1.82, 2.24) is 9.97 Å². The fourth-order valence-electron chi connectivity index (χ4n) is 6.85. The molecule has 0 fully saturated rings. The van der Waals surface area contributed by atoms with Crippen LogP contribution in [0.15, 0.2) is 121 Å². The SMILES string of the molecule is CC(C)(c1ccccc1)c1ccc(CP(C(C)(C)C)C(C)(C)C)c(CP(c2ccc3ccccc3n2)c2ccc3ccccc3n2)c1. The summed E-state index contributed by atoms with van der Waals surface area (Å²) in [5.41, 5.74) is 9.82. The highest BCUT2D eigenvalue weighted by molar-refractivity contribution is 7.71. The molecule has 2 heterocycles. The van der Waals surface area contributed by atoms with Gasteiger partial charge in [-0.25, -0.2) is 9.97 Å². The maximum atomic E-state index is 5.31. The summed E-state index contributed by atoms with van der Waals surface area (Å²) in [5, 5.41) is 2.81. The highest BCUT2D eigenvalue weighted by atomic mass is 31.1. The number of hydrogen-bond acceptors (Lipinski definition) is 2. The van der Waals surface area contributed by atoms with Gasteiger partial charge in [-0.1, -0.05) is 160 Å². The number of hydrogen-bond donors (Lipinski definition) is 0. The molecule has 4 heteroatoms. The summed E-state index contributed by atoms with van der Waals surface area (Å²) >= 11 is 0. The van der Waals surface area contributed by atoms with Crippen LogP contribution in [-0.4, -0.2) is 20.3 Å². The predicted molar refractivity (Wildman–Crippen MR) is 209 cm³/mol. The van der Waals surface area contributed by atoms with E-state index in [1.165, 1.54) is 33.0 Å². The molecule has 0 bridgehead atoms. The molecule has 240 valence electrons. The van der Waals surface area contributed by atoms with E-state index < -0.39 is 7.92 Å². The van der Waals surface area contributed by atoms with Crippen molar-refractivity contribution in [3.05, 3.63) is 144 Å². The second-order valence-corrected chi connectivity index (χ2v) is 21.2. The molecule has 0 aliphatic carbocycles. The molecule has 0 saturated carbocycles. The number of benzene rings is 4. The van der Waals surface area contributed by atoms with Gasteiger partial charge >= 0.3 is 0 Å². The third-order valence-electron chi connectivity index (χ3n) is 9.42. The Balaban J connectivity index is 1.53. The Kier molecular flexibility index (Phi) is 9.41. The zero-order valence-corrected chi connectivity index (χ0v) is 31.0. The van der Waals surface area contributed by atoms with E-state index in [4.69, 9.17) is 9.97 Å². The van der Waals surface area contributed by atoms with Gasteiger partial charge in [-0.3, -0.25) is 0 Å². The van der Waals surface area contributed by atoms with Crippen molar-refractivity contribution in [3.63, 3.8) is 0 Å². The number of rotatable bonds is 8. The molecule has 0 N–H and O–H groups in total. The average molecular weight is 655 g/mol. The molecule has 0 atom stereocenters. The van der Waals surface area contributed by atoms with Crippen LogP contribution in [0.2, 0.25) is 0 Å². The lowest BCUT2D eigenvalue weighted by Gasteiger charge is -2.42. The molecule has 0 radical (unpaired) electrons. The Labute approximate surface area is 284 Å². The minimum absolute atomic E-state index is 0.127. The smallest absolute Gasteiger partial charge is 0.0709 e. The summed E-state index contributed by atoms with van der Waals surface area (Å²) in [6.07, 6.45) is 2.00. The summed E-state index contributed by atoms with van der Waals surface area (Å²) in [6, 6.07) is 44.2. The Morgan fingerprint density at radius 2 is 0.979 bits per heavy atom. The number of para-hydroxylation sites is 2. The molecule has 0 saturated heterocycles. The minimum Gasteiger partial charge on any atom is -0.248 e. The maximum absolute atomic E-state index is 5.31. The molecule has 0 aliphatic rings. The Morgan fingerprint density at radius 3 is 1.51 bits per heavy atom. The van der Waals surface area contributed by atoms with E-state index in [2.05, 4.69) is 177 Å². The van der Waals surface area contributed by atoms with Crippen LogP contribution < -0.4 is 10.9 Å². The topological polar surface area (TPSA) is 25.8 Å². The molecule has 2 nitrogen and oxygen atoms in total. The summed E-state index contributed by atoms with van der Waals surface area (Å²) in [7, 11) is -1.21. The monoisotopic (exact) mass is 654 g/mol. The first-order valence-electron chi connectivity index (χ1n) is 16.8. The summed E-state index contributed by atoms with van der Waals surface area (Å²) in [6.45, 7) is 19.3. The van der Waals surface area contributed by atoms with E-state index >= 15 is 0 Å². The molecule has 6 aromatic rings. The molecule has 0 amide bonds. The van der Waals surface area contributed by atoms with Gasteiger partial charge in [-0.05, 0) is 63.0 Å². The van der Waals surface area contributed by atoms with Crippen molar-refractivity contribution in [2.24, 2.45) is 0 Å². The Bertz CT molecular complexity index is 1910. The second-order valence-electron chi connectivity index (χ2n) is 15.2.